The summed E-state index contributed by atoms with van der Waals surface area (Å²) in [5, 5.41) is 1.96. The quantitative estimate of drug-likeness (QED) is 0.737. The molecule has 0 aliphatic rings. The lowest BCUT2D eigenvalue weighted by Gasteiger charge is -2.33. The molecule has 0 aliphatic carbocycles. The molecule has 0 radical (unpaired) electrons. The highest BCUT2D eigenvalue weighted by Gasteiger charge is 2.38. The lowest BCUT2D eigenvalue weighted by atomic mass is 9.91. The highest BCUT2D eigenvalue weighted by molar-refractivity contribution is 7.71. The van der Waals surface area contributed by atoms with Gasteiger partial charge in [0.05, 0.1) is 0 Å². The number of fused-ring (bicyclic) bond motifs is 1. The highest BCUT2D eigenvalue weighted by Crippen LogP contribution is 2.25. The molecule has 0 N–H and O–H groups in total. The maximum absolute atomic E-state index is 13.1. The van der Waals surface area contributed by atoms with E-state index in [1.165, 1.54) is 4.68 Å². The van der Waals surface area contributed by atoms with E-state index < -0.39 is 10.8 Å². The molecule has 0 saturated heterocycles. The summed E-state index contributed by atoms with van der Waals surface area (Å²) in [4.78, 5) is 30.5. The van der Waals surface area contributed by atoms with E-state index in [2.05, 4.69) is 4.98 Å². The van der Waals surface area contributed by atoms with Crippen molar-refractivity contribution in [1.29, 1.82) is 0 Å². The molecule has 128 valence electrons. The summed E-state index contributed by atoms with van der Waals surface area (Å²) in [6.07, 6.45) is 1.62. The van der Waals surface area contributed by atoms with Gasteiger partial charge in [0.1, 0.15) is 4.64 Å². The van der Waals surface area contributed by atoms with E-state index in [9.17, 15) is 9.59 Å². The number of nitrogens with zero attached hydrogens (tertiary/aromatic N) is 3. The van der Waals surface area contributed by atoms with E-state index in [0.29, 0.717) is 10.3 Å². The van der Waals surface area contributed by atoms with Gasteiger partial charge in [-0.05, 0) is 24.3 Å². The Morgan fingerprint density at radius 1 is 1.00 bits per heavy atom. The van der Waals surface area contributed by atoms with E-state index in [1.807, 2.05) is 12.1 Å². The minimum Gasteiger partial charge on any atom is -0.272 e. The van der Waals surface area contributed by atoms with Gasteiger partial charge in [-0.15, -0.1) is 0 Å². The molecule has 5 nitrogen and oxygen atoms in total. The molecule has 0 unspecified atom stereocenters. The maximum atomic E-state index is 13.1. The molecule has 24 heavy (non-hydrogen) atoms. The van der Waals surface area contributed by atoms with Crippen LogP contribution >= 0.6 is 12.2 Å². The van der Waals surface area contributed by atoms with Gasteiger partial charge in [0, 0.05) is 22.4 Å². The fraction of sp³-hybridized carbons (Fsp3) is 0.444. The molecule has 0 saturated carbocycles. The molecule has 2 aromatic rings. The predicted octanol–water partition coefficient (Wildman–Crippen LogP) is 3.85. The Hall–Kier alpha value is -2.08. The monoisotopic (exact) mass is 345 g/mol. The van der Waals surface area contributed by atoms with Gasteiger partial charge in [-0.1, -0.05) is 53.8 Å². The van der Waals surface area contributed by atoms with Crippen LogP contribution in [0, 0.1) is 15.5 Å². The molecule has 0 aromatic carbocycles. The van der Waals surface area contributed by atoms with E-state index in [1.54, 1.807) is 59.9 Å². The number of aromatic nitrogens is 2. The van der Waals surface area contributed by atoms with Gasteiger partial charge in [-0.25, -0.2) is 9.66 Å². The molecular weight excluding hydrogens is 322 g/mol. The number of pyridine rings is 2. The van der Waals surface area contributed by atoms with Gasteiger partial charge in [0.15, 0.2) is 5.65 Å². The summed E-state index contributed by atoms with van der Waals surface area (Å²) in [6.45, 7) is 10.7. The number of carbonyl (C=O) groups excluding carboxylic acids is 2. The van der Waals surface area contributed by atoms with Crippen LogP contribution in [0.25, 0.3) is 11.0 Å². The van der Waals surface area contributed by atoms with Crippen molar-refractivity contribution in [2.24, 2.45) is 10.8 Å². The zero-order valence-corrected chi connectivity index (χ0v) is 15.8. The van der Waals surface area contributed by atoms with Crippen molar-refractivity contribution in [3.63, 3.8) is 0 Å². The van der Waals surface area contributed by atoms with Crippen LogP contribution in [-0.2, 0) is 9.59 Å². The van der Waals surface area contributed by atoms with E-state index >= 15 is 0 Å². The average molecular weight is 345 g/mol. The number of imide groups is 1. The molecule has 0 fully saturated rings. The summed E-state index contributed by atoms with van der Waals surface area (Å²) < 4.78 is 1.81. The number of hydrogen-bond donors (Lipinski definition) is 0. The summed E-state index contributed by atoms with van der Waals surface area (Å²) in [6, 6.07) is 7.22. The van der Waals surface area contributed by atoms with Crippen molar-refractivity contribution in [3.05, 3.63) is 35.1 Å². The third-order valence-electron chi connectivity index (χ3n) is 3.50. The smallest absolute Gasteiger partial charge is 0.254 e. The topological polar surface area (TPSA) is 55.2 Å². The van der Waals surface area contributed by atoms with Crippen molar-refractivity contribution in [1.82, 2.24) is 9.66 Å². The second kappa shape index (κ2) is 6.09. The van der Waals surface area contributed by atoms with Crippen molar-refractivity contribution < 1.29 is 9.59 Å². The first-order valence-electron chi connectivity index (χ1n) is 7.80. The summed E-state index contributed by atoms with van der Waals surface area (Å²) in [7, 11) is 0. The Morgan fingerprint density at radius 2 is 1.54 bits per heavy atom. The lowest BCUT2D eigenvalue weighted by molar-refractivity contribution is -0.137. The Morgan fingerprint density at radius 3 is 2.04 bits per heavy atom. The van der Waals surface area contributed by atoms with Crippen LogP contribution in [0.1, 0.15) is 41.5 Å². The second-order valence-corrected chi connectivity index (χ2v) is 8.24. The van der Waals surface area contributed by atoms with Gasteiger partial charge in [-0.3, -0.25) is 9.59 Å². The first-order chi connectivity index (χ1) is 10.9. The molecule has 2 amide bonds. The van der Waals surface area contributed by atoms with E-state index in [4.69, 9.17) is 12.2 Å². The lowest BCUT2D eigenvalue weighted by Crippen LogP contribution is -2.54. The average Bonchev–Trinajstić information content (AvgIpc) is 2.47. The summed E-state index contributed by atoms with van der Waals surface area (Å²) in [5.41, 5.74) is -1.00. The van der Waals surface area contributed by atoms with Crippen molar-refractivity contribution in [2.75, 3.05) is 5.01 Å². The SMILES string of the molecule is CC(C)(C)C(=O)N(C(=O)C(C)(C)C)n1c(=S)ccc2cccnc21. The molecule has 0 spiro atoms. The summed E-state index contributed by atoms with van der Waals surface area (Å²) >= 11 is 5.42. The van der Waals surface area contributed by atoms with E-state index in [0.717, 1.165) is 10.4 Å². The molecule has 0 bridgehead atoms. The van der Waals surface area contributed by atoms with Gasteiger partial charge in [0.25, 0.3) is 11.8 Å². The van der Waals surface area contributed by atoms with Crippen LogP contribution < -0.4 is 5.01 Å². The van der Waals surface area contributed by atoms with Crippen LogP contribution in [0.5, 0.6) is 0 Å². The van der Waals surface area contributed by atoms with E-state index in [-0.39, 0.29) is 11.8 Å². The Labute approximate surface area is 147 Å². The predicted molar refractivity (Wildman–Crippen MR) is 97.7 cm³/mol. The zero-order chi connectivity index (χ0) is 18.3. The van der Waals surface area contributed by atoms with Crippen LogP contribution in [0.15, 0.2) is 30.5 Å². The zero-order valence-electron chi connectivity index (χ0n) is 15.0. The minimum atomic E-state index is -0.743. The molecule has 0 aliphatic heterocycles. The van der Waals surface area contributed by atoms with Crippen molar-refractivity contribution >= 4 is 35.1 Å². The fourth-order valence-corrected chi connectivity index (χ4v) is 2.39. The standard InChI is InChI=1S/C18H23N3O2S/c1-17(2,3)15(22)21(16(23)18(4,5)6)20-13(24)10-9-12-8-7-11-19-14(12)20/h7-11H,1-6H3. The maximum Gasteiger partial charge on any atom is 0.254 e. The highest BCUT2D eigenvalue weighted by atomic mass is 32.1. The Kier molecular flexibility index (Phi) is 4.63. The molecule has 6 heteroatoms. The first-order valence-corrected chi connectivity index (χ1v) is 8.21. The third kappa shape index (κ3) is 3.38. The second-order valence-electron chi connectivity index (χ2n) is 7.82. The van der Waals surface area contributed by atoms with Crippen LogP contribution in [0.2, 0.25) is 0 Å². The fourth-order valence-electron chi connectivity index (χ4n) is 2.16. The Balaban J connectivity index is 2.83. The molecule has 0 atom stereocenters. The molecular formula is C18H23N3O2S. The third-order valence-corrected chi connectivity index (χ3v) is 3.81. The number of carbonyl (C=O) groups is 2. The first kappa shape index (κ1) is 18.3. The molecule has 2 rings (SSSR count). The van der Waals surface area contributed by atoms with Crippen molar-refractivity contribution in [2.45, 2.75) is 41.5 Å². The van der Waals surface area contributed by atoms with Gasteiger partial charge in [0.2, 0.25) is 0 Å². The van der Waals surface area contributed by atoms with Crippen LogP contribution in [-0.4, -0.2) is 21.5 Å². The van der Waals surface area contributed by atoms with Crippen molar-refractivity contribution in [3.8, 4) is 0 Å². The van der Waals surface area contributed by atoms with Gasteiger partial charge < -0.3 is 0 Å². The minimum absolute atomic E-state index is 0.323. The van der Waals surface area contributed by atoms with Crippen LogP contribution in [0.3, 0.4) is 0 Å². The Bertz CT molecular complexity index is 831. The normalized spacial score (nSPS) is 12.2. The van der Waals surface area contributed by atoms with Crippen LogP contribution in [0.4, 0.5) is 0 Å². The van der Waals surface area contributed by atoms with Gasteiger partial charge >= 0.3 is 0 Å². The number of amides is 2. The van der Waals surface area contributed by atoms with Gasteiger partial charge in [-0.2, -0.15) is 5.01 Å². The molecule has 2 heterocycles. The number of rotatable bonds is 1. The largest absolute Gasteiger partial charge is 0.272 e. The molecule has 2 aromatic heterocycles. The number of hydrogen-bond acceptors (Lipinski definition) is 4. The summed E-state index contributed by atoms with van der Waals surface area (Å²) in [5.74, 6) is -0.645.